The quantitative estimate of drug-likeness (QED) is 0.854. The highest BCUT2D eigenvalue weighted by atomic mass is 16.5. The number of rotatable bonds is 2. The van der Waals surface area contributed by atoms with Gasteiger partial charge >= 0.3 is 6.09 Å². The summed E-state index contributed by atoms with van der Waals surface area (Å²) in [6.45, 7) is 2.82. The van der Waals surface area contributed by atoms with Gasteiger partial charge < -0.3 is 20.1 Å². The average molecular weight is 278 g/mol. The Morgan fingerprint density at radius 2 is 2.20 bits per heavy atom. The number of nitrogens with zero attached hydrogens (tertiary/aromatic N) is 1. The number of amides is 2. The van der Waals surface area contributed by atoms with Crippen LogP contribution in [0.25, 0.3) is 0 Å². The summed E-state index contributed by atoms with van der Waals surface area (Å²) in [5.41, 5.74) is 1.21. The molecule has 2 amide bonds. The van der Waals surface area contributed by atoms with Crippen LogP contribution in [0.4, 0.5) is 4.79 Å². The Balaban J connectivity index is 2.04. The molecule has 1 saturated heterocycles. The highest BCUT2D eigenvalue weighted by molar-refractivity contribution is 5.97. The van der Waals surface area contributed by atoms with E-state index in [4.69, 9.17) is 0 Å². The lowest BCUT2D eigenvalue weighted by Gasteiger charge is -2.17. The van der Waals surface area contributed by atoms with Crippen LogP contribution in [0.5, 0.6) is 5.75 Å². The molecule has 2 N–H and O–H groups in total. The summed E-state index contributed by atoms with van der Waals surface area (Å²) in [6, 6.07) is 4.82. The molecule has 1 aliphatic rings. The largest absolute Gasteiger partial charge is 0.507 e. The summed E-state index contributed by atoms with van der Waals surface area (Å²) in [5, 5.41) is 12.5. The van der Waals surface area contributed by atoms with Crippen molar-refractivity contribution in [3.8, 4) is 5.75 Å². The summed E-state index contributed by atoms with van der Waals surface area (Å²) in [6.07, 6.45) is 0.177. The van der Waals surface area contributed by atoms with Gasteiger partial charge in [-0.3, -0.25) is 4.79 Å². The number of methoxy groups -OCH3 is 1. The molecule has 1 aliphatic heterocycles. The molecule has 20 heavy (non-hydrogen) atoms. The van der Waals surface area contributed by atoms with Crippen LogP contribution in [0.2, 0.25) is 0 Å². The Labute approximate surface area is 117 Å². The van der Waals surface area contributed by atoms with Crippen molar-refractivity contribution in [1.29, 1.82) is 0 Å². The summed E-state index contributed by atoms with van der Waals surface area (Å²) in [4.78, 5) is 25.1. The Morgan fingerprint density at radius 1 is 1.45 bits per heavy atom. The second kappa shape index (κ2) is 5.81. The molecule has 6 heteroatoms. The molecular formula is C14H18N2O4. The van der Waals surface area contributed by atoms with Gasteiger partial charge in [-0.25, -0.2) is 4.79 Å². The van der Waals surface area contributed by atoms with Crippen LogP contribution in [0.15, 0.2) is 18.2 Å². The lowest BCUT2D eigenvalue weighted by atomic mass is 10.1. The van der Waals surface area contributed by atoms with Crippen LogP contribution in [0, 0.1) is 6.92 Å². The summed E-state index contributed by atoms with van der Waals surface area (Å²) in [5.74, 6) is -0.245. The van der Waals surface area contributed by atoms with E-state index < -0.39 is 6.09 Å². The second-order valence-corrected chi connectivity index (χ2v) is 4.89. The van der Waals surface area contributed by atoms with Crippen molar-refractivity contribution >= 4 is 12.0 Å². The Morgan fingerprint density at radius 3 is 2.90 bits per heavy atom. The number of alkyl carbamates (subject to hydrolysis) is 1. The van der Waals surface area contributed by atoms with E-state index in [0.29, 0.717) is 25.1 Å². The van der Waals surface area contributed by atoms with Gasteiger partial charge in [-0.05, 0) is 25.5 Å². The first-order chi connectivity index (χ1) is 9.51. The number of hydrogen-bond acceptors (Lipinski definition) is 4. The number of hydrogen-bond donors (Lipinski definition) is 2. The zero-order valence-electron chi connectivity index (χ0n) is 11.5. The van der Waals surface area contributed by atoms with Gasteiger partial charge in [0.1, 0.15) is 5.75 Å². The van der Waals surface area contributed by atoms with Crippen LogP contribution >= 0.6 is 0 Å². The molecule has 6 nitrogen and oxygen atoms in total. The van der Waals surface area contributed by atoms with Gasteiger partial charge in [-0.1, -0.05) is 11.6 Å². The minimum atomic E-state index is -0.497. The van der Waals surface area contributed by atoms with Crippen molar-refractivity contribution in [3.63, 3.8) is 0 Å². The third kappa shape index (κ3) is 3.01. The number of carbonyl (C=O) groups excluding carboxylic acids is 2. The third-order valence-corrected chi connectivity index (χ3v) is 3.37. The molecule has 0 aliphatic carbocycles. The molecule has 1 heterocycles. The van der Waals surface area contributed by atoms with E-state index in [1.54, 1.807) is 17.0 Å². The number of likely N-dealkylation sites (tertiary alicyclic amines) is 1. The fourth-order valence-corrected chi connectivity index (χ4v) is 2.28. The smallest absolute Gasteiger partial charge is 0.407 e. The Bertz CT molecular complexity index is 530. The molecule has 0 spiro atoms. The minimum absolute atomic E-state index is 0.0232. The topological polar surface area (TPSA) is 78.9 Å². The molecule has 1 fully saturated rings. The van der Waals surface area contributed by atoms with E-state index in [1.165, 1.54) is 13.2 Å². The molecule has 1 atom stereocenters. The normalized spacial score (nSPS) is 17.9. The standard InChI is InChI=1S/C14H18N2O4/c1-9-3-4-12(17)11(7-9)13(18)16-6-5-10(8-16)15-14(19)20-2/h3-4,7,10,17H,5-6,8H2,1-2H3,(H,15,19). The molecule has 108 valence electrons. The number of phenols is 1. The first-order valence-electron chi connectivity index (χ1n) is 6.44. The molecule has 0 radical (unpaired) electrons. The molecule has 1 aromatic rings. The van der Waals surface area contributed by atoms with Crippen molar-refractivity contribution in [3.05, 3.63) is 29.3 Å². The number of aryl methyl sites for hydroxylation is 1. The van der Waals surface area contributed by atoms with Crippen molar-refractivity contribution in [2.24, 2.45) is 0 Å². The molecular weight excluding hydrogens is 260 g/mol. The van der Waals surface area contributed by atoms with E-state index in [1.807, 2.05) is 6.92 Å². The van der Waals surface area contributed by atoms with Crippen molar-refractivity contribution in [2.45, 2.75) is 19.4 Å². The predicted octanol–water partition coefficient (Wildman–Crippen LogP) is 1.27. The van der Waals surface area contributed by atoms with Gasteiger partial charge in [0.25, 0.3) is 5.91 Å². The van der Waals surface area contributed by atoms with E-state index in [0.717, 1.165) is 5.56 Å². The number of ether oxygens (including phenoxy) is 1. The zero-order chi connectivity index (χ0) is 14.7. The van der Waals surface area contributed by atoms with Gasteiger partial charge in [0, 0.05) is 13.1 Å². The maximum absolute atomic E-state index is 12.3. The molecule has 2 rings (SSSR count). The van der Waals surface area contributed by atoms with Gasteiger partial charge in [-0.15, -0.1) is 0 Å². The number of benzene rings is 1. The third-order valence-electron chi connectivity index (χ3n) is 3.37. The summed E-state index contributed by atoms with van der Waals surface area (Å²) >= 11 is 0. The summed E-state index contributed by atoms with van der Waals surface area (Å²) in [7, 11) is 1.30. The fourth-order valence-electron chi connectivity index (χ4n) is 2.28. The van der Waals surface area contributed by atoms with Crippen molar-refractivity contribution in [2.75, 3.05) is 20.2 Å². The number of phenolic OH excluding ortho intramolecular Hbond substituents is 1. The van der Waals surface area contributed by atoms with E-state index >= 15 is 0 Å². The van der Waals surface area contributed by atoms with Gasteiger partial charge in [0.05, 0.1) is 18.7 Å². The van der Waals surface area contributed by atoms with Gasteiger partial charge in [0.2, 0.25) is 0 Å². The highest BCUT2D eigenvalue weighted by Crippen LogP contribution is 2.22. The SMILES string of the molecule is COC(=O)NC1CCN(C(=O)c2cc(C)ccc2O)C1. The Hall–Kier alpha value is -2.24. The fraction of sp³-hybridized carbons (Fsp3) is 0.429. The number of aromatic hydroxyl groups is 1. The molecule has 0 bridgehead atoms. The second-order valence-electron chi connectivity index (χ2n) is 4.89. The predicted molar refractivity (Wildman–Crippen MR) is 72.7 cm³/mol. The molecule has 1 unspecified atom stereocenters. The lowest BCUT2D eigenvalue weighted by Crippen LogP contribution is -2.38. The first-order valence-corrected chi connectivity index (χ1v) is 6.44. The minimum Gasteiger partial charge on any atom is -0.507 e. The van der Waals surface area contributed by atoms with E-state index in [9.17, 15) is 14.7 Å². The van der Waals surface area contributed by atoms with Crippen LogP contribution in [-0.4, -0.2) is 48.2 Å². The van der Waals surface area contributed by atoms with Crippen LogP contribution in [-0.2, 0) is 4.74 Å². The molecule has 1 aromatic carbocycles. The maximum Gasteiger partial charge on any atom is 0.407 e. The lowest BCUT2D eigenvalue weighted by molar-refractivity contribution is 0.0785. The maximum atomic E-state index is 12.3. The number of nitrogens with one attached hydrogen (secondary N) is 1. The summed E-state index contributed by atoms with van der Waals surface area (Å²) < 4.78 is 4.53. The highest BCUT2D eigenvalue weighted by Gasteiger charge is 2.29. The van der Waals surface area contributed by atoms with Crippen LogP contribution in [0.1, 0.15) is 22.3 Å². The van der Waals surface area contributed by atoms with Crippen LogP contribution < -0.4 is 5.32 Å². The first kappa shape index (κ1) is 14.2. The van der Waals surface area contributed by atoms with Crippen molar-refractivity contribution in [1.82, 2.24) is 10.2 Å². The van der Waals surface area contributed by atoms with Gasteiger partial charge in [-0.2, -0.15) is 0 Å². The van der Waals surface area contributed by atoms with Gasteiger partial charge in [0.15, 0.2) is 0 Å². The number of carbonyl (C=O) groups is 2. The van der Waals surface area contributed by atoms with E-state index in [2.05, 4.69) is 10.1 Å². The monoisotopic (exact) mass is 278 g/mol. The zero-order valence-corrected chi connectivity index (χ0v) is 11.5. The molecule has 0 aromatic heterocycles. The van der Waals surface area contributed by atoms with Crippen LogP contribution in [0.3, 0.4) is 0 Å². The van der Waals surface area contributed by atoms with Crippen molar-refractivity contribution < 1.29 is 19.4 Å². The Kier molecular flexibility index (Phi) is 4.12. The molecule has 0 saturated carbocycles. The van der Waals surface area contributed by atoms with E-state index in [-0.39, 0.29) is 17.7 Å². The average Bonchev–Trinajstić information content (AvgIpc) is 2.89.